The molecule has 0 aliphatic carbocycles. The van der Waals surface area contributed by atoms with Crippen molar-refractivity contribution in [3.63, 3.8) is 0 Å². The molecule has 0 amide bonds. The van der Waals surface area contributed by atoms with Gasteiger partial charge in [-0.25, -0.2) is 0 Å². The zero-order chi connectivity index (χ0) is 28.9. The molecule has 0 aliphatic rings. The summed E-state index contributed by atoms with van der Waals surface area (Å²) in [7, 11) is 0. The van der Waals surface area contributed by atoms with Crippen LogP contribution in [0.4, 0.5) is 0 Å². The molecule has 0 unspecified atom stereocenters. The van der Waals surface area contributed by atoms with E-state index < -0.39 is 5.41 Å². The zero-order valence-corrected chi connectivity index (χ0v) is 23.3. The summed E-state index contributed by atoms with van der Waals surface area (Å²) in [5, 5.41) is 0. The van der Waals surface area contributed by atoms with Gasteiger partial charge in [0.2, 0.25) is 0 Å². The van der Waals surface area contributed by atoms with Gasteiger partial charge in [0.15, 0.2) is 0 Å². The number of hydrogen-bond acceptors (Lipinski definition) is 4. The van der Waals surface area contributed by atoms with Crippen LogP contribution in [0.1, 0.15) is 70.2 Å². The van der Waals surface area contributed by atoms with Gasteiger partial charge in [0.25, 0.3) is 0 Å². The van der Waals surface area contributed by atoms with E-state index in [9.17, 15) is 19.2 Å². The van der Waals surface area contributed by atoms with Crippen LogP contribution in [0.15, 0.2) is 97.1 Å². The highest BCUT2D eigenvalue weighted by atomic mass is 16.1. The van der Waals surface area contributed by atoms with E-state index in [1.165, 1.54) is 0 Å². The average Bonchev–Trinajstić information content (AvgIpc) is 3.03. The third-order valence-corrected chi connectivity index (χ3v) is 7.75. The Morgan fingerprint density at radius 3 is 0.707 bits per heavy atom. The minimum atomic E-state index is -0.654. The standard InChI is InChI=1S/C37H36O4/c38-25-1-5-29-9-17-33(18-10-29)37(34-19-11-30(12-20-34)6-2-26-39,35-21-13-31(14-22-35)7-3-27-40)36-23-15-32(16-24-36)8-4-28-41/h9-28H,1-8H2. The van der Waals surface area contributed by atoms with Crippen LogP contribution >= 0.6 is 0 Å². The highest BCUT2D eigenvalue weighted by molar-refractivity contribution is 5.61. The van der Waals surface area contributed by atoms with E-state index in [0.29, 0.717) is 51.4 Å². The Kier molecular flexibility index (Phi) is 10.7. The van der Waals surface area contributed by atoms with Gasteiger partial charge >= 0.3 is 0 Å². The second kappa shape index (κ2) is 14.8. The van der Waals surface area contributed by atoms with Gasteiger partial charge in [-0.15, -0.1) is 0 Å². The summed E-state index contributed by atoms with van der Waals surface area (Å²) in [6.45, 7) is 0. The molecular formula is C37H36O4. The van der Waals surface area contributed by atoms with Gasteiger partial charge < -0.3 is 19.2 Å². The molecule has 0 bridgehead atoms. The van der Waals surface area contributed by atoms with E-state index in [1.54, 1.807) is 0 Å². The summed E-state index contributed by atoms with van der Waals surface area (Å²) in [6, 6.07) is 34.0. The predicted molar refractivity (Wildman–Crippen MR) is 162 cm³/mol. The maximum absolute atomic E-state index is 11.0. The molecule has 0 radical (unpaired) electrons. The van der Waals surface area contributed by atoms with Crippen LogP contribution < -0.4 is 0 Å². The molecule has 4 aromatic rings. The first kappa shape index (κ1) is 29.5. The van der Waals surface area contributed by atoms with Crippen molar-refractivity contribution in [2.45, 2.75) is 56.8 Å². The van der Waals surface area contributed by atoms with Crippen molar-refractivity contribution in [2.24, 2.45) is 0 Å². The molecule has 0 atom stereocenters. The Labute approximate surface area is 242 Å². The summed E-state index contributed by atoms with van der Waals surface area (Å²) < 4.78 is 0. The SMILES string of the molecule is O=CCCc1ccc(C(c2ccc(CCC=O)cc2)(c2ccc(CCC=O)cc2)c2ccc(CCC=O)cc2)cc1. The van der Waals surface area contributed by atoms with Crippen molar-refractivity contribution in [3.8, 4) is 0 Å². The molecule has 0 heterocycles. The Balaban J connectivity index is 1.93. The summed E-state index contributed by atoms with van der Waals surface area (Å²) in [6.07, 6.45) is 8.50. The minimum Gasteiger partial charge on any atom is -0.303 e. The number of carbonyl (C=O) groups is 4. The van der Waals surface area contributed by atoms with Gasteiger partial charge in [0, 0.05) is 25.7 Å². The lowest BCUT2D eigenvalue weighted by Gasteiger charge is -2.37. The molecule has 0 saturated heterocycles. The molecule has 208 valence electrons. The van der Waals surface area contributed by atoms with Crippen LogP contribution in [0.5, 0.6) is 0 Å². The third-order valence-electron chi connectivity index (χ3n) is 7.75. The molecule has 0 fully saturated rings. The van der Waals surface area contributed by atoms with Crippen molar-refractivity contribution in [1.82, 2.24) is 0 Å². The molecule has 0 aromatic heterocycles. The predicted octanol–water partition coefficient (Wildman–Crippen LogP) is 6.60. The monoisotopic (exact) mass is 544 g/mol. The fourth-order valence-electron chi connectivity index (χ4n) is 5.59. The van der Waals surface area contributed by atoms with Crippen LogP contribution in [0, 0.1) is 0 Å². The van der Waals surface area contributed by atoms with Gasteiger partial charge in [-0.1, -0.05) is 97.1 Å². The molecule has 0 aliphatic heterocycles. The van der Waals surface area contributed by atoms with Gasteiger partial charge in [-0.05, 0) is 70.2 Å². The fraction of sp³-hybridized carbons (Fsp3) is 0.243. The van der Waals surface area contributed by atoms with E-state index in [0.717, 1.165) is 69.7 Å². The Bertz CT molecular complexity index is 1190. The molecular weight excluding hydrogens is 508 g/mol. The van der Waals surface area contributed by atoms with Crippen LogP contribution in [0.3, 0.4) is 0 Å². The lowest BCUT2D eigenvalue weighted by atomic mass is 9.64. The zero-order valence-electron chi connectivity index (χ0n) is 23.3. The molecule has 4 heteroatoms. The lowest BCUT2D eigenvalue weighted by molar-refractivity contribution is -0.108. The summed E-state index contributed by atoms with van der Waals surface area (Å²) in [5.41, 5.74) is 8.13. The first-order chi connectivity index (χ1) is 20.1. The first-order valence-electron chi connectivity index (χ1n) is 14.3. The van der Waals surface area contributed by atoms with Crippen molar-refractivity contribution < 1.29 is 19.2 Å². The molecule has 4 nitrogen and oxygen atoms in total. The topological polar surface area (TPSA) is 68.3 Å². The minimum absolute atomic E-state index is 0.483. The van der Waals surface area contributed by atoms with Gasteiger partial charge in [-0.2, -0.15) is 0 Å². The molecule has 41 heavy (non-hydrogen) atoms. The average molecular weight is 545 g/mol. The fourth-order valence-corrected chi connectivity index (χ4v) is 5.59. The van der Waals surface area contributed by atoms with Crippen LogP contribution in [-0.4, -0.2) is 25.1 Å². The van der Waals surface area contributed by atoms with Crippen molar-refractivity contribution in [3.05, 3.63) is 142 Å². The van der Waals surface area contributed by atoms with E-state index in [2.05, 4.69) is 97.1 Å². The highest BCUT2D eigenvalue weighted by Gasteiger charge is 2.38. The van der Waals surface area contributed by atoms with Gasteiger partial charge in [0.1, 0.15) is 25.1 Å². The van der Waals surface area contributed by atoms with Crippen molar-refractivity contribution in [1.29, 1.82) is 0 Å². The van der Waals surface area contributed by atoms with Crippen molar-refractivity contribution >= 4 is 25.1 Å². The summed E-state index contributed by atoms with van der Waals surface area (Å²) in [4.78, 5) is 43.9. The molecule has 4 rings (SSSR count). The number of aryl methyl sites for hydroxylation is 4. The molecule has 0 spiro atoms. The Morgan fingerprint density at radius 2 is 0.537 bits per heavy atom. The summed E-state index contributed by atoms with van der Waals surface area (Å²) in [5.74, 6) is 0. The van der Waals surface area contributed by atoms with E-state index in [1.807, 2.05) is 0 Å². The number of carbonyl (C=O) groups excluding carboxylic acids is 4. The van der Waals surface area contributed by atoms with E-state index in [-0.39, 0.29) is 0 Å². The molecule has 4 aromatic carbocycles. The largest absolute Gasteiger partial charge is 0.303 e. The van der Waals surface area contributed by atoms with Crippen LogP contribution in [0.25, 0.3) is 0 Å². The van der Waals surface area contributed by atoms with Gasteiger partial charge in [0.05, 0.1) is 5.41 Å². The van der Waals surface area contributed by atoms with E-state index >= 15 is 0 Å². The van der Waals surface area contributed by atoms with Crippen LogP contribution in [0.2, 0.25) is 0 Å². The Morgan fingerprint density at radius 1 is 0.341 bits per heavy atom. The van der Waals surface area contributed by atoms with E-state index in [4.69, 9.17) is 0 Å². The number of hydrogen-bond donors (Lipinski definition) is 0. The third kappa shape index (κ3) is 7.01. The maximum Gasteiger partial charge on any atom is 0.120 e. The Hall–Kier alpha value is -4.44. The number of benzene rings is 4. The molecule has 0 saturated carbocycles. The smallest absolute Gasteiger partial charge is 0.120 e. The molecule has 0 N–H and O–H groups in total. The highest BCUT2D eigenvalue weighted by Crippen LogP contribution is 2.45. The lowest BCUT2D eigenvalue weighted by Crippen LogP contribution is -2.31. The maximum atomic E-state index is 11.0. The summed E-state index contributed by atoms with van der Waals surface area (Å²) >= 11 is 0. The number of aldehydes is 4. The number of rotatable bonds is 16. The van der Waals surface area contributed by atoms with Gasteiger partial charge in [-0.3, -0.25) is 0 Å². The normalized spacial score (nSPS) is 11.1. The van der Waals surface area contributed by atoms with Crippen molar-refractivity contribution in [2.75, 3.05) is 0 Å². The second-order valence-electron chi connectivity index (χ2n) is 10.4. The quantitative estimate of drug-likeness (QED) is 0.118. The first-order valence-corrected chi connectivity index (χ1v) is 14.3. The second-order valence-corrected chi connectivity index (χ2v) is 10.4. The van der Waals surface area contributed by atoms with Crippen LogP contribution in [-0.2, 0) is 50.3 Å².